The molecule has 0 bridgehead atoms. The van der Waals surface area contributed by atoms with E-state index in [1.807, 2.05) is 30.3 Å². The van der Waals surface area contributed by atoms with Crippen molar-refractivity contribution >= 4 is 34.7 Å². The number of halogens is 1. The first-order chi connectivity index (χ1) is 10.7. The quantitative estimate of drug-likeness (QED) is 0.904. The molecule has 0 saturated carbocycles. The van der Waals surface area contributed by atoms with Crippen molar-refractivity contribution in [1.29, 1.82) is 0 Å². The SMILES string of the molecule is O=C(Nc1ccc(Nc2ccc(Cl)cc2)cn1)C1CCCO1. The summed E-state index contributed by atoms with van der Waals surface area (Å²) in [4.78, 5) is 16.1. The van der Waals surface area contributed by atoms with Crippen LogP contribution in [-0.4, -0.2) is 23.6 Å². The van der Waals surface area contributed by atoms with E-state index < -0.39 is 0 Å². The number of carbonyl (C=O) groups excluding carboxylic acids is 1. The Labute approximate surface area is 133 Å². The van der Waals surface area contributed by atoms with Gasteiger partial charge < -0.3 is 15.4 Å². The van der Waals surface area contributed by atoms with E-state index in [2.05, 4.69) is 15.6 Å². The molecule has 1 fully saturated rings. The maximum absolute atomic E-state index is 11.9. The molecule has 1 amide bonds. The van der Waals surface area contributed by atoms with Gasteiger partial charge in [0.2, 0.25) is 0 Å². The van der Waals surface area contributed by atoms with Crippen LogP contribution in [-0.2, 0) is 9.53 Å². The van der Waals surface area contributed by atoms with Crippen LogP contribution >= 0.6 is 11.6 Å². The molecule has 2 N–H and O–H groups in total. The molecule has 114 valence electrons. The van der Waals surface area contributed by atoms with Crippen molar-refractivity contribution in [3.8, 4) is 0 Å². The molecule has 1 aliphatic rings. The van der Waals surface area contributed by atoms with Crippen molar-refractivity contribution in [2.45, 2.75) is 18.9 Å². The second kappa shape index (κ2) is 6.77. The average molecular weight is 318 g/mol. The summed E-state index contributed by atoms with van der Waals surface area (Å²) >= 11 is 5.85. The summed E-state index contributed by atoms with van der Waals surface area (Å²) in [5, 5.41) is 6.66. The Bertz CT molecular complexity index is 637. The van der Waals surface area contributed by atoms with Crippen molar-refractivity contribution in [1.82, 2.24) is 4.98 Å². The van der Waals surface area contributed by atoms with Gasteiger partial charge in [0.1, 0.15) is 11.9 Å². The fraction of sp³-hybridized carbons (Fsp3) is 0.250. The fourth-order valence-electron chi connectivity index (χ4n) is 2.23. The molecule has 1 saturated heterocycles. The second-order valence-electron chi connectivity index (χ2n) is 5.05. The van der Waals surface area contributed by atoms with E-state index in [1.165, 1.54) is 0 Å². The number of benzene rings is 1. The van der Waals surface area contributed by atoms with E-state index in [1.54, 1.807) is 12.3 Å². The summed E-state index contributed by atoms with van der Waals surface area (Å²) in [5.74, 6) is 0.380. The lowest BCUT2D eigenvalue weighted by Gasteiger charge is -2.10. The zero-order valence-electron chi connectivity index (χ0n) is 11.9. The highest BCUT2D eigenvalue weighted by atomic mass is 35.5. The zero-order chi connectivity index (χ0) is 15.4. The average Bonchev–Trinajstić information content (AvgIpc) is 3.06. The smallest absolute Gasteiger partial charge is 0.254 e. The number of ether oxygens (including phenoxy) is 1. The van der Waals surface area contributed by atoms with Gasteiger partial charge in [-0.3, -0.25) is 4.79 Å². The predicted molar refractivity (Wildman–Crippen MR) is 86.6 cm³/mol. The van der Waals surface area contributed by atoms with Gasteiger partial charge in [-0.2, -0.15) is 0 Å². The van der Waals surface area contributed by atoms with E-state index in [4.69, 9.17) is 16.3 Å². The molecular formula is C16H16ClN3O2. The predicted octanol–water partition coefficient (Wildman–Crippen LogP) is 3.60. The number of carbonyl (C=O) groups is 1. The molecule has 1 atom stereocenters. The van der Waals surface area contributed by atoms with Gasteiger partial charge in [0.25, 0.3) is 5.91 Å². The maximum Gasteiger partial charge on any atom is 0.254 e. The molecule has 0 radical (unpaired) electrons. The zero-order valence-corrected chi connectivity index (χ0v) is 12.6. The second-order valence-corrected chi connectivity index (χ2v) is 5.49. The number of nitrogens with one attached hydrogen (secondary N) is 2. The van der Waals surface area contributed by atoms with Crippen molar-refractivity contribution in [2.24, 2.45) is 0 Å². The van der Waals surface area contributed by atoms with Crippen LogP contribution in [0.4, 0.5) is 17.2 Å². The van der Waals surface area contributed by atoms with Gasteiger partial charge >= 0.3 is 0 Å². The Kier molecular flexibility index (Phi) is 4.56. The van der Waals surface area contributed by atoms with Crippen LogP contribution in [0.15, 0.2) is 42.6 Å². The van der Waals surface area contributed by atoms with Crippen molar-refractivity contribution in [3.63, 3.8) is 0 Å². The number of hydrogen-bond acceptors (Lipinski definition) is 4. The largest absolute Gasteiger partial charge is 0.368 e. The van der Waals surface area contributed by atoms with E-state index in [-0.39, 0.29) is 12.0 Å². The Hall–Kier alpha value is -2.11. The molecule has 2 aromatic rings. The highest BCUT2D eigenvalue weighted by molar-refractivity contribution is 6.30. The Morgan fingerprint density at radius 2 is 1.95 bits per heavy atom. The summed E-state index contributed by atoms with van der Waals surface area (Å²) in [6.07, 6.45) is 3.01. The number of anilines is 3. The first kappa shape index (κ1) is 14.8. The molecule has 0 spiro atoms. The maximum atomic E-state index is 11.9. The minimum Gasteiger partial charge on any atom is -0.368 e. The van der Waals surface area contributed by atoms with Crippen molar-refractivity contribution in [2.75, 3.05) is 17.2 Å². The van der Waals surface area contributed by atoms with Crippen LogP contribution in [0.5, 0.6) is 0 Å². The van der Waals surface area contributed by atoms with E-state index in [0.29, 0.717) is 17.4 Å². The van der Waals surface area contributed by atoms with Crippen molar-refractivity contribution in [3.05, 3.63) is 47.6 Å². The van der Waals surface area contributed by atoms with E-state index in [9.17, 15) is 4.79 Å². The molecule has 22 heavy (non-hydrogen) atoms. The highest BCUT2D eigenvalue weighted by Gasteiger charge is 2.23. The van der Waals surface area contributed by atoms with Gasteiger partial charge in [-0.15, -0.1) is 0 Å². The molecule has 0 aliphatic carbocycles. The molecule has 1 unspecified atom stereocenters. The number of aromatic nitrogens is 1. The van der Waals surface area contributed by atoms with Gasteiger partial charge in [0.15, 0.2) is 0 Å². The van der Waals surface area contributed by atoms with Gasteiger partial charge in [0, 0.05) is 17.3 Å². The molecule has 5 nitrogen and oxygen atoms in total. The third-order valence-corrected chi connectivity index (χ3v) is 3.62. The van der Waals surface area contributed by atoms with Gasteiger partial charge in [-0.25, -0.2) is 4.98 Å². The molecular weight excluding hydrogens is 302 g/mol. The fourth-order valence-corrected chi connectivity index (χ4v) is 2.36. The summed E-state index contributed by atoms with van der Waals surface area (Å²) in [5.41, 5.74) is 1.75. The molecule has 3 rings (SSSR count). The van der Waals surface area contributed by atoms with Crippen molar-refractivity contribution < 1.29 is 9.53 Å². The van der Waals surface area contributed by atoms with Crippen LogP contribution in [0, 0.1) is 0 Å². The summed E-state index contributed by atoms with van der Waals surface area (Å²) in [6, 6.07) is 11.0. The number of amides is 1. The lowest BCUT2D eigenvalue weighted by Crippen LogP contribution is -2.27. The van der Waals surface area contributed by atoms with Gasteiger partial charge in [-0.1, -0.05) is 11.6 Å². The number of nitrogens with zero attached hydrogens (tertiary/aromatic N) is 1. The van der Waals surface area contributed by atoms with Crippen LogP contribution < -0.4 is 10.6 Å². The lowest BCUT2D eigenvalue weighted by atomic mass is 10.2. The summed E-state index contributed by atoms with van der Waals surface area (Å²) in [7, 11) is 0. The molecule has 2 heterocycles. The number of hydrogen-bond donors (Lipinski definition) is 2. The van der Waals surface area contributed by atoms with E-state index in [0.717, 1.165) is 24.2 Å². The summed E-state index contributed by atoms with van der Waals surface area (Å²) in [6.45, 7) is 0.648. The first-order valence-corrected chi connectivity index (χ1v) is 7.49. The van der Waals surface area contributed by atoms with E-state index >= 15 is 0 Å². The highest BCUT2D eigenvalue weighted by Crippen LogP contribution is 2.20. The number of pyridine rings is 1. The molecule has 1 aromatic heterocycles. The molecule has 1 aliphatic heterocycles. The normalized spacial score (nSPS) is 17.2. The topological polar surface area (TPSA) is 63.2 Å². The Morgan fingerprint density at radius 1 is 1.18 bits per heavy atom. The monoisotopic (exact) mass is 317 g/mol. The number of rotatable bonds is 4. The van der Waals surface area contributed by atoms with Crippen LogP contribution in [0.2, 0.25) is 5.02 Å². The standard InChI is InChI=1S/C16H16ClN3O2/c17-11-3-5-12(6-4-11)19-13-7-8-15(18-10-13)20-16(21)14-2-1-9-22-14/h3-8,10,14,19H,1-2,9H2,(H,18,20,21). The first-order valence-electron chi connectivity index (χ1n) is 7.12. The Morgan fingerprint density at radius 3 is 2.59 bits per heavy atom. The lowest BCUT2D eigenvalue weighted by molar-refractivity contribution is -0.124. The van der Waals surface area contributed by atoms with Crippen LogP contribution in [0.3, 0.4) is 0 Å². The third-order valence-electron chi connectivity index (χ3n) is 3.37. The molecule has 6 heteroatoms. The van der Waals surface area contributed by atoms with Crippen LogP contribution in [0.25, 0.3) is 0 Å². The minimum atomic E-state index is -0.353. The van der Waals surface area contributed by atoms with Gasteiger partial charge in [-0.05, 0) is 49.2 Å². The minimum absolute atomic E-state index is 0.136. The van der Waals surface area contributed by atoms with Gasteiger partial charge in [0.05, 0.1) is 11.9 Å². The third kappa shape index (κ3) is 3.75. The summed E-state index contributed by atoms with van der Waals surface area (Å²) < 4.78 is 5.34. The Balaban J connectivity index is 1.60. The van der Waals surface area contributed by atoms with Crippen LogP contribution in [0.1, 0.15) is 12.8 Å². The molecule has 1 aromatic carbocycles.